The second-order valence-corrected chi connectivity index (χ2v) is 7.81. The highest BCUT2D eigenvalue weighted by Gasteiger charge is 2.26. The van der Waals surface area contributed by atoms with Crippen molar-refractivity contribution in [3.8, 4) is 0 Å². The second kappa shape index (κ2) is 13.7. The van der Waals surface area contributed by atoms with Crippen molar-refractivity contribution < 1.29 is 18.7 Å². The molecule has 170 valence electrons. The van der Waals surface area contributed by atoms with Gasteiger partial charge >= 0.3 is 0 Å². The molecule has 31 heavy (non-hydrogen) atoms. The summed E-state index contributed by atoms with van der Waals surface area (Å²) in [5, 5.41) is 0. The molecule has 2 amide bonds. The van der Waals surface area contributed by atoms with Crippen LogP contribution in [0.3, 0.4) is 0 Å². The zero-order chi connectivity index (χ0) is 22.5. The van der Waals surface area contributed by atoms with E-state index < -0.39 is 0 Å². The SMILES string of the molecule is CCCCC(CC)C(=O)N(CCOC)CC(=O)N(Cc1ccccc1)Cc1ccco1. The molecule has 2 aromatic rings. The molecular formula is C25H36N2O4. The van der Waals surface area contributed by atoms with Gasteiger partial charge in [-0.3, -0.25) is 9.59 Å². The number of unbranched alkanes of at least 4 members (excludes halogenated alkanes) is 1. The number of furan rings is 1. The number of hydrogen-bond donors (Lipinski definition) is 0. The van der Waals surface area contributed by atoms with Gasteiger partial charge in [0.25, 0.3) is 0 Å². The smallest absolute Gasteiger partial charge is 0.242 e. The number of methoxy groups -OCH3 is 1. The molecule has 0 saturated heterocycles. The van der Waals surface area contributed by atoms with E-state index in [1.165, 1.54) is 0 Å². The minimum Gasteiger partial charge on any atom is -0.467 e. The van der Waals surface area contributed by atoms with Crippen LogP contribution < -0.4 is 0 Å². The first-order valence-corrected chi connectivity index (χ1v) is 11.2. The molecule has 0 aliphatic rings. The van der Waals surface area contributed by atoms with E-state index in [1.54, 1.807) is 23.2 Å². The van der Waals surface area contributed by atoms with E-state index in [-0.39, 0.29) is 24.3 Å². The van der Waals surface area contributed by atoms with Gasteiger partial charge in [0.05, 0.1) is 26.0 Å². The standard InChI is InChI=1S/C25H36N2O4/c1-4-6-13-22(5-2)25(29)26(15-17-30-3)20-24(28)27(19-23-14-10-16-31-23)18-21-11-8-7-9-12-21/h7-12,14,16,22H,4-6,13,15,17-20H2,1-3H3. The van der Waals surface area contributed by atoms with E-state index in [0.29, 0.717) is 32.0 Å². The van der Waals surface area contributed by atoms with Crippen molar-refractivity contribution in [3.63, 3.8) is 0 Å². The zero-order valence-electron chi connectivity index (χ0n) is 19.1. The molecule has 2 rings (SSSR count). The third-order valence-electron chi connectivity index (χ3n) is 5.45. The van der Waals surface area contributed by atoms with Crippen LogP contribution in [0.2, 0.25) is 0 Å². The fourth-order valence-corrected chi connectivity index (χ4v) is 3.57. The normalized spacial score (nSPS) is 11.8. The van der Waals surface area contributed by atoms with Gasteiger partial charge in [-0.05, 0) is 30.5 Å². The summed E-state index contributed by atoms with van der Waals surface area (Å²) >= 11 is 0. The first kappa shape index (κ1) is 24.7. The predicted molar refractivity (Wildman–Crippen MR) is 121 cm³/mol. The van der Waals surface area contributed by atoms with Crippen molar-refractivity contribution in [2.75, 3.05) is 26.8 Å². The van der Waals surface area contributed by atoms with Gasteiger partial charge in [-0.25, -0.2) is 0 Å². The molecule has 1 aromatic heterocycles. The van der Waals surface area contributed by atoms with Gasteiger partial charge in [0.2, 0.25) is 11.8 Å². The van der Waals surface area contributed by atoms with Crippen molar-refractivity contribution >= 4 is 11.8 Å². The molecule has 0 radical (unpaired) electrons. The van der Waals surface area contributed by atoms with Gasteiger partial charge in [-0.2, -0.15) is 0 Å². The van der Waals surface area contributed by atoms with E-state index in [9.17, 15) is 9.59 Å². The number of amides is 2. The minimum absolute atomic E-state index is 0.0400. The molecule has 0 spiro atoms. The number of carbonyl (C=O) groups excluding carboxylic acids is 2. The highest BCUT2D eigenvalue weighted by atomic mass is 16.5. The first-order valence-electron chi connectivity index (χ1n) is 11.2. The fourth-order valence-electron chi connectivity index (χ4n) is 3.57. The lowest BCUT2D eigenvalue weighted by Gasteiger charge is -2.29. The Morgan fingerprint density at radius 3 is 2.42 bits per heavy atom. The second-order valence-electron chi connectivity index (χ2n) is 7.81. The van der Waals surface area contributed by atoms with Crippen LogP contribution >= 0.6 is 0 Å². The molecule has 0 fully saturated rings. The van der Waals surface area contributed by atoms with Gasteiger partial charge in [-0.1, -0.05) is 57.0 Å². The maximum Gasteiger partial charge on any atom is 0.242 e. The van der Waals surface area contributed by atoms with Crippen LogP contribution in [0.1, 0.15) is 50.9 Å². The van der Waals surface area contributed by atoms with E-state index in [0.717, 1.165) is 31.2 Å². The summed E-state index contributed by atoms with van der Waals surface area (Å²) in [5.41, 5.74) is 1.03. The van der Waals surface area contributed by atoms with Crippen LogP contribution in [0.5, 0.6) is 0 Å². The van der Waals surface area contributed by atoms with E-state index in [2.05, 4.69) is 6.92 Å². The largest absolute Gasteiger partial charge is 0.467 e. The molecule has 0 saturated carbocycles. The maximum atomic E-state index is 13.3. The van der Waals surface area contributed by atoms with Crippen LogP contribution in [0.25, 0.3) is 0 Å². The first-order chi connectivity index (χ1) is 15.1. The van der Waals surface area contributed by atoms with Crippen molar-refractivity contribution in [3.05, 3.63) is 60.1 Å². The van der Waals surface area contributed by atoms with Crippen molar-refractivity contribution in [2.24, 2.45) is 5.92 Å². The van der Waals surface area contributed by atoms with Crippen LogP contribution in [0.15, 0.2) is 53.1 Å². The Labute approximate surface area is 186 Å². The molecule has 1 aromatic carbocycles. The number of hydrogen-bond acceptors (Lipinski definition) is 4. The lowest BCUT2D eigenvalue weighted by molar-refractivity contribution is -0.144. The van der Waals surface area contributed by atoms with Crippen LogP contribution in [-0.2, 0) is 27.4 Å². The summed E-state index contributed by atoms with van der Waals surface area (Å²) < 4.78 is 10.7. The third-order valence-corrected chi connectivity index (χ3v) is 5.45. The summed E-state index contributed by atoms with van der Waals surface area (Å²) in [6.45, 7) is 5.83. The average molecular weight is 429 g/mol. The van der Waals surface area contributed by atoms with Gasteiger partial charge in [0, 0.05) is 26.1 Å². The van der Waals surface area contributed by atoms with Crippen LogP contribution in [0, 0.1) is 5.92 Å². The fraction of sp³-hybridized carbons (Fsp3) is 0.520. The zero-order valence-corrected chi connectivity index (χ0v) is 19.1. The van der Waals surface area contributed by atoms with Crippen LogP contribution in [0.4, 0.5) is 0 Å². The van der Waals surface area contributed by atoms with Crippen molar-refractivity contribution in [2.45, 2.75) is 52.6 Å². The Bertz CT molecular complexity index is 761. The molecule has 0 N–H and O–H groups in total. The number of nitrogens with zero attached hydrogens (tertiary/aromatic N) is 2. The molecule has 1 atom stereocenters. The molecule has 0 aliphatic heterocycles. The Balaban J connectivity index is 2.15. The van der Waals surface area contributed by atoms with E-state index in [1.807, 2.05) is 49.4 Å². The summed E-state index contributed by atoms with van der Waals surface area (Å²) in [6.07, 6.45) is 5.29. The molecule has 6 nitrogen and oxygen atoms in total. The molecular weight excluding hydrogens is 392 g/mol. The Morgan fingerprint density at radius 1 is 1.03 bits per heavy atom. The summed E-state index contributed by atoms with van der Waals surface area (Å²) in [6, 6.07) is 13.5. The van der Waals surface area contributed by atoms with Gasteiger partial charge in [0.1, 0.15) is 5.76 Å². The monoisotopic (exact) mass is 428 g/mol. The van der Waals surface area contributed by atoms with Crippen LogP contribution in [-0.4, -0.2) is 48.4 Å². The number of rotatable bonds is 14. The molecule has 6 heteroatoms. The van der Waals surface area contributed by atoms with Gasteiger partial charge < -0.3 is 19.0 Å². The molecule has 1 heterocycles. The molecule has 1 unspecified atom stereocenters. The van der Waals surface area contributed by atoms with Gasteiger partial charge in [-0.15, -0.1) is 0 Å². The number of ether oxygens (including phenoxy) is 1. The average Bonchev–Trinajstić information content (AvgIpc) is 3.30. The summed E-state index contributed by atoms with van der Waals surface area (Å²) in [4.78, 5) is 29.9. The van der Waals surface area contributed by atoms with Gasteiger partial charge in [0.15, 0.2) is 0 Å². The number of benzene rings is 1. The lowest BCUT2D eigenvalue weighted by atomic mass is 9.97. The highest BCUT2D eigenvalue weighted by molar-refractivity contribution is 5.86. The minimum atomic E-state index is -0.102. The topological polar surface area (TPSA) is 63.0 Å². The maximum absolute atomic E-state index is 13.3. The quantitative estimate of drug-likeness (QED) is 0.444. The molecule has 0 aliphatic carbocycles. The highest BCUT2D eigenvalue weighted by Crippen LogP contribution is 2.17. The number of carbonyl (C=O) groups is 2. The Kier molecular flexibility index (Phi) is 10.9. The third kappa shape index (κ3) is 8.21. The predicted octanol–water partition coefficient (Wildman–Crippen LogP) is 4.50. The molecule has 0 bridgehead atoms. The van der Waals surface area contributed by atoms with Crippen molar-refractivity contribution in [1.29, 1.82) is 0 Å². The summed E-state index contributed by atoms with van der Waals surface area (Å²) in [5.74, 6) is 0.597. The lowest BCUT2D eigenvalue weighted by Crippen LogP contribution is -2.45. The Morgan fingerprint density at radius 2 is 1.81 bits per heavy atom. The van der Waals surface area contributed by atoms with E-state index in [4.69, 9.17) is 9.15 Å². The van der Waals surface area contributed by atoms with Crippen molar-refractivity contribution in [1.82, 2.24) is 9.80 Å². The van der Waals surface area contributed by atoms with E-state index >= 15 is 0 Å². The Hall–Kier alpha value is -2.60. The summed E-state index contributed by atoms with van der Waals surface area (Å²) in [7, 11) is 1.61.